The molecule has 24 heavy (non-hydrogen) atoms. The standard InChI is InChI=1S/C18H23N3O2S/c19-9-3-6-16(18(23)24)21-17(22)15(20)11-12-7-8-13-4-1-2-5-14(13)10-12/h1-2,4-5,7-8,10,15-16H,3,6,9,11,19-20H2,(H,21,22)(H,23,24)/t15-,16-/m0/s1. The van der Waals surface area contributed by atoms with Crippen LogP contribution >= 0.6 is 12.6 Å². The van der Waals surface area contributed by atoms with E-state index in [0.29, 0.717) is 25.8 Å². The fourth-order valence-electron chi connectivity index (χ4n) is 2.57. The van der Waals surface area contributed by atoms with Crippen molar-refractivity contribution in [1.82, 2.24) is 5.32 Å². The molecular formula is C18H23N3O2S. The van der Waals surface area contributed by atoms with E-state index < -0.39 is 12.1 Å². The van der Waals surface area contributed by atoms with E-state index in [9.17, 15) is 9.59 Å². The molecule has 0 aliphatic rings. The van der Waals surface area contributed by atoms with Crippen LogP contribution in [0.3, 0.4) is 0 Å². The zero-order valence-corrected chi connectivity index (χ0v) is 14.3. The van der Waals surface area contributed by atoms with E-state index in [1.54, 1.807) is 0 Å². The minimum atomic E-state index is -0.723. The van der Waals surface area contributed by atoms with Crippen molar-refractivity contribution in [2.75, 3.05) is 6.54 Å². The minimum absolute atomic E-state index is 0.354. The lowest BCUT2D eigenvalue weighted by Gasteiger charge is -2.18. The maximum atomic E-state index is 12.2. The molecule has 0 aliphatic carbocycles. The van der Waals surface area contributed by atoms with E-state index >= 15 is 0 Å². The quantitative estimate of drug-likeness (QED) is 0.543. The zero-order valence-electron chi connectivity index (χ0n) is 13.4. The van der Waals surface area contributed by atoms with Crippen LogP contribution in [0.4, 0.5) is 0 Å². The second-order valence-corrected chi connectivity index (χ2v) is 6.26. The average molecular weight is 345 g/mol. The van der Waals surface area contributed by atoms with Crippen molar-refractivity contribution in [1.29, 1.82) is 0 Å². The van der Waals surface area contributed by atoms with Gasteiger partial charge in [-0.3, -0.25) is 9.59 Å². The van der Waals surface area contributed by atoms with E-state index in [0.717, 1.165) is 16.3 Å². The summed E-state index contributed by atoms with van der Waals surface area (Å²) < 4.78 is 0. The Bertz CT molecular complexity index is 720. The molecule has 0 radical (unpaired) electrons. The van der Waals surface area contributed by atoms with Crippen molar-refractivity contribution in [3.05, 3.63) is 48.0 Å². The molecule has 2 aromatic carbocycles. The molecule has 5 N–H and O–H groups in total. The second kappa shape index (κ2) is 8.82. The summed E-state index contributed by atoms with van der Waals surface area (Å²) in [6.07, 6.45) is 1.51. The highest BCUT2D eigenvalue weighted by atomic mass is 32.1. The first-order valence-electron chi connectivity index (χ1n) is 7.97. The number of carbonyl (C=O) groups excluding carboxylic acids is 2. The Morgan fingerprint density at radius 2 is 1.83 bits per heavy atom. The van der Waals surface area contributed by atoms with E-state index in [4.69, 9.17) is 11.5 Å². The summed E-state index contributed by atoms with van der Waals surface area (Å²) in [7, 11) is 0. The molecule has 0 saturated carbocycles. The van der Waals surface area contributed by atoms with Gasteiger partial charge in [0.2, 0.25) is 11.0 Å². The van der Waals surface area contributed by atoms with Gasteiger partial charge in [-0.05, 0) is 42.1 Å². The molecule has 0 saturated heterocycles. The van der Waals surface area contributed by atoms with Crippen LogP contribution in [-0.2, 0) is 16.0 Å². The first-order chi connectivity index (χ1) is 11.5. The smallest absolute Gasteiger partial charge is 0.237 e. The van der Waals surface area contributed by atoms with E-state index in [2.05, 4.69) is 17.9 Å². The van der Waals surface area contributed by atoms with Crippen molar-refractivity contribution < 1.29 is 9.59 Å². The number of rotatable bonds is 8. The first-order valence-corrected chi connectivity index (χ1v) is 8.42. The van der Waals surface area contributed by atoms with Gasteiger partial charge in [-0.2, -0.15) is 0 Å². The number of nitrogens with two attached hydrogens (primary N) is 2. The van der Waals surface area contributed by atoms with E-state index in [1.807, 2.05) is 42.5 Å². The van der Waals surface area contributed by atoms with Crippen LogP contribution in [0, 0.1) is 0 Å². The molecular weight excluding hydrogens is 322 g/mol. The van der Waals surface area contributed by atoms with Crippen LogP contribution in [0.1, 0.15) is 18.4 Å². The monoisotopic (exact) mass is 345 g/mol. The van der Waals surface area contributed by atoms with E-state index in [-0.39, 0.29) is 11.0 Å². The van der Waals surface area contributed by atoms with Crippen molar-refractivity contribution in [2.45, 2.75) is 31.3 Å². The molecule has 0 unspecified atom stereocenters. The van der Waals surface area contributed by atoms with Crippen molar-refractivity contribution >= 4 is 34.4 Å². The third-order valence-corrected chi connectivity index (χ3v) is 4.23. The van der Waals surface area contributed by atoms with Crippen LogP contribution in [0.15, 0.2) is 42.5 Å². The van der Waals surface area contributed by atoms with Gasteiger partial charge in [0.1, 0.15) is 0 Å². The van der Waals surface area contributed by atoms with Gasteiger partial charge < -0.3 is 16.8 Å². The summed E-state index contributed by atoms with van der Waals surface area (Å²) in [6, 6.07) is 12.6. The maximum Gasteiger partial charge on any atom is 0.237 e. The van der Waals surface area contributed by atoms with Gasteiger partial charge in [0.25, 0.3) is 0 Å². The molecule has 0 fully saturated rings. The molecule has 0 heterocycles. The van der Waals surface area contributed by atoms with E-state index in [1.165, 1.54) is 0 Å². The predicted molar refractivity (Wildman–Crippen MR) is 99.8 cm³/mol. The van der Waals surface area contributed by atoms with Crippen molar-refractivity contribution in [2.24, 2.45) is 11.5 Å². The number of fused-ring (bicyclic) bond motifs is 1. The Hall–Kier alpha value is -1.89. The van der Waals surface area contributed by atoms with Crippen LogP contribution in [0.5, 0.6) is 0 Å². The molecule has 2 atom stereocenters. The summed E-state index contributed by atoms with van der Waals surface area (Å²) in [4.78, 5) is 23.7. The molecule has 0 spiro atoms. The highest BCUT2D eigenvalue weighted by Crippen LogP contribution is 2.16. The number of hydrogen-bond donors (Lipinski definition) is 4. The lowest BCUT2D eigenvalue weighted by Crippen LogP contribution is -2.48. The Morgan fingerprint density at radius 1 is 1.12 bits per heavy atom. The van der Waals surface area contributed by atoms with Crippen LogP contribution < -0.4 is 16.8 Å². The lowest BCUT2D eigenvalue weighted by atomic mass is 10.0. The molecule has 2 aromatic rings. The van der Waals surface area contributed by atoms with Gasteiger partial charge in [-0.15, -0.1) is 12.6 Å². The first kappa shape index (κ1) is 18.4. The second-order valence-electron chi connectivity index (χ2n) is 5.82. The number of carbonyl (C=O) groups is 2. The molecule has 5 nitrogen and oxygen atoms in total. The zero-order chi connectivity index (χ0) is 17.5. The van der Waals surface area contributed by atoms with Crippen molar-refractivity contribution in [3.63, 3.8) is 0 Å². The van der Waals surface area contributed by atoms with Crippen LogP contribution in [0.2, 0.25) is 0 Å². The Labute approximate surface area is 147 Å². The van der Waals surface area contributed by atoms with Gasteiger partial charge in [0, 0.05) is 0 Å². The highest BCUT2D eigenvalue weighted by Gasteiger charge is 2.21. The summed E-state index contributed by atoms with van der Waals surface area (Å²) in [5.74, 6) is -0.354. The Balaban J connectivity index is 2.00. The number of nitrogens with one attached hydrogen (secondary N) is 1. The summed E-state index contributed by atoms with van der Waals surface area (Å²) >= 11 is 3.81. The van der Waals surface area contributed by atoms with Gasteiger partial charge in [0.15, 0.2) is 0 Å². The molecule has 2 rings (SSSR count). The third kappa shape index (κ3) is 5.06. The van der Waals surface area contributed by atoms with Crippen LogP contribution in [0.25, 0.3) is 10.8 Å². The van der Waals surface area contributed by atoms with Gasteiger partial charge in [-0.1, -0.05) is 42.5 Å². The van der Waals surface area contributed by atoms with Gasteiger partial charge in [-0.25, -0.2) is 0 Å². The fraction of sp³-hybridized carbons (Fsp3) is 0.333. The number of amides is 1. The van der Waals surface area contributed by atoms with Crippen molar-refractivity contribution in [3.8, 4) is 0 Å². The predicted octanol–water partition coefficient (Wildman–Crippen LogP) is 1.39. The SMILES string of the molecule is NCCC[C@H](NC(=O)[C@@H](N)Cc1ccc2ccccc2c1)C(=O)S. The lowest BCUT2D eigenvalue weighted by molar-refractivity contribution is -0.125. The highest BCUT2D eigenvalue weighted by molar-refractivity contribution is 7.96. The molecule has 0 bridgehead atoms. The number of thiol groups is 1. The molecule has 0 aromatic heterocycles. The topological polar surface area (TPSA) is 98.2 Å². The largest absolute Gasteiger partial charge is 0.344 e. The summed E-state index contributed by atoms with van der Waals surface area (Å²) in [5, 5.41) is 4.53. The Morgan fingerprint density at radius 3 is 2.50 bits per heavy atom. The van der Waals surface area contributed by atoms with Gasteiger partial charge >= 0.3 is 0 Å². The van der Waals surface area contributed by atoms with Gasteiger partial charge in [0.05, 0.1) is 12.1 Å². The normalized spacial score (nSPS) is 13.5. The Kier molecular flexibility index (Phi) is 6.78. The average Bonchev–Trinajstić information content (AvgIpc) is 2.57. The molecule has 128 valence electrons. The summed E-state index contributed by atoms with van der Waals surface area (Å²) in [6.45, 7) is 0.455. The maximum absolute atomic E-state index is 12.2. The molecule has 1 amide bonds. The summed E-state index contributed by atoms with van der Waals surface area (Å²) in [5.41, 5.74) is 12.4. The van der Waals surface area contributed by atoms with Crippen LogP contribution in [-0.4, -0.2) is 29.7 Å². The third-order valence-electron chi connectivity index (χ3n) is 3.92. The fourth-order valence-corrected chi connectivity index (χ4v) is 2.76. The number of hydrogen-bond acceptors (Lipinski definition) is 4. The number of benzene rings is 2. The minimum Gasteiger partial charge on any atom is -0.344 e. The molecule has 0 aliphatic heterocycles. The molecule has 6 heteroatoms.